The van der Waals surface area contributed by atoms with Crippen LogP contribution in [-0.2, 0) is 11.2 Å². The fraction of sp³-hybridized carbons (Fsp3) is 0.533. The van der Waals surface area contributed by atoms with Crippen molar-refractivity contribution in [2.45, 2.75) is 39.2 Å². The fourth-order valence-electron chi connectivity index (χ4n) is 2.55. The summed E-state index contributed by atoms with van der Waals surface area (Å²) in [6.45, 7) is 5.35. The third kappa shape index (κ3) is 3.00. The molecule has 1 heterocycles. The summed E-state index contributed by atoms with van der Waals surface area (Å²) >= 11 is 0. The molecule has 2 N–H and O–H groups in total. The summed E-state index contributed by atoms with van der Waals surface area (Å²) in [5.74, 6) is 1.09. The van der Waals surface area contributed by atoms with E-state index in [1.54, 1.807) is 0 Å². The predicted octanol–water partition coefficient (Wildman–Crippen LogP) is 2.22. The second-order valence-electron chi connectivity index (χ2n) is 4.98. The first-order valence-electron chi connectivity index (χ1n) is 6.96. The van der Waals surface area contributed by atoms with Gasteiger partial charge >= 0.3 is 0 Å². The summed E-state index contributed by atoms with van der Waals surface area (Å²) in [6, 6.07) is 5.83. The molecular weight excluding hydrogens is 240 g/mol. The number of carbonyl (C=O) groups excluding carboxylic acids is 1. The first kappa shape index (κ1) is 13.7. The molecule has 0 bridgehead atoms. The van der Waals surface area contributed by atoms with Crippen molar-refractivity contribution in [1.82, 2.24) is 4.90 Å². The number of nitrogens with two attached hydrogens (primary N) is 1. The number of carbonyl (C=O) groups is 1. The van der Waals surface area contributed by atoms with E-state index in [1.165, 1.54) is 0 Å². The van der Waals surface area contributed by atoms with Gasteiger partial charge in [-0.15, -0.1) is 0 Å². The van der Waals surface area contributed by atoms with Crippen LogP contribution < -0.4 is 10.5 Å². The molecule has 2 rings (SSSR count). The van der Waals surface area contributed by atoms with Crippen molar-refractivity contribution in [3.63, 3.8) is 0 Å². The Morgan fingerprint density at radius 3 is 2.95 bits per heavy atom. The Labute approximate surface area is 114 Å². The molecule has 0 fully saturated rings. The van der Waals surface area contributed by atoms with Crippen LogP contribution in [0, 0.1) is 0 Å². The average molecular weight is 262 g/mol. The van der Waals surface area contributed by atoms with E-state index in [0.29, 0.717) is 13.0 Å². The lowest BCUT2D eigenvalue weighted by Crippen LogP contribution is -2.46. The number of rotatable bonds is 4. The van der Waals surface area contributed by atoms with E-state index in [1.807, 2.05) is 30.0 Å². The summed E-state index contributed by atoms with van der Waals surface area (Å²) in [6.07, 6.45) is 2.33. The molecule has 0 radical (unpaired) electrons. The van der Waals surface area contributed by atoms with Gasteiger partial charge in [0.15, 0.2) is 0 Å². The van der Waals surface area contributed by atoms with E-state index in [-0.39, 0.29) is 11.9 Å². The number of anilines is 1. The smallest absolute Gasteiger partial charge is 0.222 e. The Kier molecular flexibility index (Phi) is 4.30. The Bertz CT molecular complexity index is 459. The first-order chi connectivity index (χ1) is 9.15. The molecule has 104 valence electrons. The van der Waals surface area contributed by atoms with Gasteiger partial charge in [0.25, 0.3) is 0 Å². The van der Waals surface area contributed by atoms with Crippen LogP contribution in [0.3, 0.4) is 0 Å². The lowest BCUT2D eigenvalue weighted by molar-refractivity contribution is -0.134. The molecule has 4 nitrogen and oxygen atoms in total. The number of nitrogens with zero attached hydrogens (tertiary/aromatic N) is 1. The third-order valence-corrected chi connectivity index (χ3v) is 3.50. The Hall–Kier alpha value is -1.71. The standard InChI is InChI=1S/C15H22N2O2/c1-3-7-17(15(18)4-2)13-9-11-8-12(16)5-6-14(11)19-10-13/h5-6,8,13H,3-4,7,9-10,16H2,1-2H3. The lowest BCUT2D eigenvalue weighted by Gasteiger charge is -2.35. The van der Waals surface area contributed by atoms with Gasteiger partial charge in [-0.1, -0.05) is 13.8 Å². The summed E-state index contributed by atoms with van der Waals surface area (Å²) in [5.41, 5.74) is 7.65. The monoisotopic (exact) mass is 262 g/mol. The molecule has 1 aliphatic heterocycles. The number of fused-ring (bicyclic) bond motifs is 1. The molecule has 1 aromatic rings. The van der Waals surface area contributed by atoms with E-state index in [0.717, 1.165) is 36.4 Å². The molecule has 0 aromatic heterocycles. The maximum Gasteiger partial charge on any atom is 0.222 e. The van der Waals surface area contributed by atoms with Gasteiger partial charge in [-0.25, -0.2) is 0 Å². The number of ether oxygens (including phenoxy) is 1. The number of hydrogen-bond acceptors (Lipinski definition) is 3. The summed E-state index contributed by atoms with van der Waals surface area (Å²) in [4.78, 5) is 14.0. The molecule has 1 atom stereocenters. The highest BCUT2D eigenvalue weighted by atomic mass is 16.5. The zero-order chi connectivity index (χ0) is 13.8. The van der Waals surface area contributed by atoms with E-state index < -0.39 is 0 Å². The van der Waals surface area contributed by atoms with Gasteiger partial charge in [-0.05, 0) is 36.6 Å². The van der Waals surface area contributed by atoms with Gasteiger partial charge in [-0.2, -0.15) is 0 Å². The number of hydrogen-bond donors (Lipinski definition) is 1. The molecule has 1 amide bonds. The molecule has 0 aliphatic carbocycles. The summed E-state index contributed by atoms with van der Waals surface area (Å²) < 4.78 is 5.76. The molecule has 1 unspecified atom stereocenters. The van der Waals surface area contributed by atoms with Crippen LogP contribution in [0.4, 0.5) is 5.69 Å². The topological polar surface area (TPSA) is 55.6 Å². The second kappa shape index (κ2) is 5.95. The number of benzene rings is 1. The SMILES string of the molecule is CCCN(C(=O)CC)C1COc2ccc(N)cc2C1. The molecular formula is C15H22N2O2. The maximum absolute atomic E-state index is 12.0. The molecule has 0 spiro atoms. The van der Waals surface area contributed by atoms with Gasteiger partial charge in [0.2, 0.25) is 5.91 Å². The van der Waals surface area contributed by atoms with Crippen LogP contribution >= 0.6 is 0 Å². The van der Waals surface area contributed by atoms with Crippen LogP contribution in [-0.4, -0.2) is 30.0 Å². The Morgan fingerprint density at radius 1 is 1.47 bits per heavy atom. The van der Waals surface area contributed by atoms with Crippen molar-refractivity contribution in [2.75, 3.05) is 18.9 Å². The van der Waals surface area contributed by atoms with Gasteiger partial charge in [0, 0.05) is 18.7 Å². The minimum absolute atomic E-state index is 0.127. The average Bonchev–Trinajstić information content (AvgIpc) is 2.43. The molecule has 19 heavy (non-hydrogen) atoms. The van der Waals surface area contributed by atoms with Crippen molar-refractivity contribution in [1.29, 1.82) is 0 Å². The van der Waals surface area contributed by atoms with Crippen LogP contribution in [0.5, 0.6) is 5.75 Å². The highest BCUT2D eigenvalue weighted by Gasteiger charge is 2.27. The number of amides is 1. The zero-order valence-electron chi connectivity index (χ0n) is 11.7. The van der Waals surface area contributed by atoms with E-state index in [2.05, 4.69) is 6.92 Å². The molecule has 1 aromatic carbocycles. The third-order valence-electron chi connectivity index (χ3n) is 3.50. The minimum atomic E-state index is 0.127. The quantitative estimate of drug-likeness (QED) is 0.846. The number of nitrogen functional groups attached to an aromatic ring is 1. The van der Waals surface area contributed by atoms with Gasteiger partial charge in [-0.3, -0.25) is 4.79 Å². The van der Waals surface area contributed by atoms with Gasteiger partial charge in [0.1, 0.15) is 12.4 Å². The van der Waals surface area contributed by atoms with Gasteiger partial charge < -0.3 is 15.4 Å². The highest BCUT2D eigenvalue weighted by Crippen LogP contribution is 2.28. The molecule has 4 heteroatoms. The largest absolute Gasteiger partial charge is 0.491 e. The molecule has 0 saturated carbocycles. The van der Waals surface area contributed by atoms with Crippen molar-refractivity contribution in [2.24, 2.45) is 0 Å². The predicted molar refractivity (Wildman–Crippen MR) is 76.1 cm³/mol. The molecule has 1 aliphatic rings. The minimum Gasteiger partial charge on any atom is -0.491 e. The Balaban J connectivity index is 2.16. The van der Waals surface area contributed by atoms with Crippen molar-refractivity contribution in [3.05, 3.63) is 23.8 Å². The highest BCUT2D eigenvalue weighted by molar-refractivity contribution is 5.76. The first-order valence-corrected chi connectivity index (χ1v) is 6.96. The van der Waals surface area contributed by atoms with Crippen molar-refractivity contribution in [3.8, 4) is 5.75 Å². The van der Waals surface area contributed by atoms with E-state index in [9.17, 15) is 4.79 Å². The van der Waals surface area contributed by atoms with Gasteiger partial charge in [0.05, 0.1) is 6.04 Å². The maximum atomic E-state index is 12.0. The normalized spacial score (nSPS) is 17.5. The second-order valence-corrected chi connectivity index (χ2v) is 4.98. The lowest BCUT2D eigenvalue weighted by atomic mass is 10.0. The summed E-state index contributed by atoms with van der Waals surface area (Å²) in [5, 5.41) is 0. The van der Waals surface area contributed by atoms with Crippen LogP contribution in [0.15, 0.2) is 18.2 Å². The van der Waals surface area contributed by atoms with Crippen molar-refractivity contribution >= 4 is 11.6 Å². The van der Waals surface area contributed by atoms with E-state index in [4.69, 9.17) is 10.5 Å². The Morgan fingerprint density at radius 2 is 2.26 bits per heavy atom. The fourth-order valence-corrected chi connectivity index (χ4v) is 2.55. The zero-order valence-corrected chi connectivity index (χ0v) is 11.7. The van der Waals surface area contributed by atoms with Crippen LogP contribution in [0.2, 0.25) is 0 Å². The van der Waals surface area contributed by atoms with E-state index >= 15 is 0 Å². The van der Waals surface area contributed by atoms with Crippen LogP contribution in [0.1, 0.15) is 32.3 Å². The summed E-state index contributed by atoms with van der Waals surface area (Å²) in [7, 11) is 0. The van der Waals surface area contributed by atoms with Crippen molar-refractivity contribution < 1.29 is 9.53 Å². The molecule has 0 saturated heterocycles. The van der Waals surface area contributed by atoms with Crippen LogP contribution in [0.25, 0.3) is 0 Å².